The monoisotopic (exact) mass is 204 g/mol. The summed E-state index contributed by atoms with van der Waals surface area (Å²) < 4.78 is 0. The first-order valence-electron chi connectivity index (χ1n) is 4.95. The van der Waals surface area contributed by atoms with Crippen LogP contribution in [-0.4, -0.2) is 60.4 Å². The summed E-state index contributed by atoms with van der Waals surface area (Å²) in [6, 6.07) is 0. The number of hydrogen-bond acceptors (Lipinski definition) is 4. The summed E-state index contributed by atoms with van der Waals surface area (Å²) in [6.07, 6.45) is 0.411. The molecule has 0 fully saturated rings. The normalized spacial score (nSPS) is 10.6. The summed E-state index contributed by atoms with van der Waals surface area (Å²) in [4.78, 5) is 12.9. The number of nitrogens with zero attached hydrogens (tertiary/aromatic N) is 1. The Kier molecular flexibility index (Phi) is 8.51. The van der Waals surface area contributed by atoms with Crippen LogP contribution < -0.4 is 5.32 Å². The van der Waals surface area contributed by atoms with Crippen molar-refractivity contribution in [2.45, 2.75) is 13.3 Å². The van der Waals surface area contributed by atoms with E-state index in [1.807, 2.05) is 11.8 Å². The highest BCUT2D eigenvalue weighted by atomic mass is 16.3. The molecule has 5 nitrogen and oxygen atoms in total. The molecule has 0 aliphatic carbocycles. The quantitative estimate of drug-likeness (QED) is 0.464. The summed E-state index contributed by atoms with van der Waals surface area (Å²) in [5, 5.41) is 20.1. The number of aliphatic hydroxyl groups excluding tert-OH is 2. The molecular formula is C9H20N2O3. The van der Waals surface area contributed by atoms with Crippen LogP contribution in [-0.2, 0) is 4.79 Å². The van der Waals surface area contributed by atoms with Crippen LogP contribution in [0.25, 0.3) is 0 Å². The molecule has 0 spiro atoms. The molecule has 1 amide bonds. The second-order valence-corrected chi connectivity index (χ2v) is 2.99. The number of hydrogen-bond donors (Lipinski definition) is 3. The first-order valence-corrected chi connectivity index (χ1v) is 4.95. The third kappa shape index (κ3) is 6.82. The number of nitrogens with one attached hydrogen (secondary N) is 1. The Morgan fingerprint density at radius 3 is 2.21 bits per heavy atom. The van der Waals surface area contributed by atoms with Gasteiger partial charge >= 0.3 is 0 Å². The lowest BCUT2D eigenvalue weighted by molar-refractivity contribution is -0.121. The summed E-state index contributed by atoms with van der Waals surface area (Å²) in [6.45, 7) is 4.19. The summed E-state index contributed by atoms with van der Waals surface area (Å²) in [5.41, 5.74) is 0. The van der Waals surface area contributed by atoms with Crippen LogP contribution in [0.5, 0.6) is 0 Å². The van der Waals surface area contributed by atoms with Crippen molar-refractivity contribution in [1.82, 2.24) is 10.2 Å². The Morgan fingerprint density at radius 2 is 1.79 bits per heavy atom. The number of aliphatic hydroxyl groups is 2. The minimum atomic E-state index is 0.00776. The molecule has 0 bridgehead atoms. The van der Waals surface area contributed by atoms with Gasteiger partial charge in [-0.25, -0.2) is 0 Å². The number of carbonyl (C=O) groups excluding carboxylic acids is 1. The standard InChI is InChI=1S/C9H20N2O3/c1-2-10-9(14)3-4-11(5-7-12)6-8-13/h12-13H,2-8H2,1H3,(H,10,14). The van der Waals surface area contributed by atoms with Crippen molar-refractivity contribution in [2.75, 3.05) is 39.4 Å². The predicted octanol–water partition coefficient (Wildman–Crippen LogP) is -1.20. The van der Waals surface area contributed by atoms with E-state index in [0.29, 0.717) is 32.6 Å². The number of rotatable bonds is 8. The fourth-order valence-corrected chi connectivity index (χ4v) is 1.16. The summed E-state index contributed by atoms with van der Waals surface area (Å²) >= 11 is 0. The van der Waals surface area contributed by atoms with Gasteiger partial charge in [0.2, 0.25) is 5.91 Å². The van der Waals surface area contributed by atoms with Gasteiger partial charge in [0.1, 0.15) is 0 Å². The fourth-order valence-electron chi connectivity index (χ4n) is 1.16. The van der Waals surface area contributed by atoms with Gasteiger partial charge in [-0.1, -0.05) is 0 Å². The van der Waals surface area contributed by atoms with Crippen molar-refractivity contribution in [3.8, 4) is 0 Å². The van der Waals surface area contributed by atoms with Gasteiger partial charge in [0, 0.05) is 32.6 Å². The molecule has 0 heterocycles. The highest BCUT2D eigenvalue weighted by Gasteiger charge is 2.06. The SMILES string of the molecule is CCNC(=O)CCN(CCO)CCO. The van der Waals surface area contributed by atoms with Crippen molar-refractivity contribution >= 4 is 5.91 Å². The minimum Gasteiger partial charge on any atom is -0.395 e. The maximum atomic E-state index is 11.1. The first kappa shape index (κ1) is 13.4. The molecule has 3 N–H and O–H groups in total. The molecule has 5 heteroatoms. The Morgan fingerprint density at radius 1 is 1.21 bits per heavy atom. The maximum Gasteiger partial charge on any atom is 0.221 e. The third-order valence-corrected chi connectivity index (χ3v) is 1.86. The zero-order valence-corrected chi connectivity index (χ0v) is 8.70. The predicted molar refractivity (Wildman–Crippen MR) is 53.9 cm³/mol. The van der Waals surface area contributed by atoms with Crippen LogP contribution in [0.3, 0.4) is 0 Å². The van der Waals surface area contributed by atoms with E-state index in [0.717, 1.165) is 0 Å². The van der Waals surface area contributed by atoms with Crippen LogP contribution in [0.1, 0.15) is 13.3 Å². The van der Waals surface area contributed by atoms with Gasteiger partial charge in [-0.15, -0.1) is 0 Å². The minimum absolute atomic E-state index is 0.00776. The Hall–Kier alpha value is -0.650. The molecule has 0 saturated carbocycles. The van der Waals surface area contributed by atoms with E-state index in [1.165, 1.54) is 0 Å². The molecule has 14 heavy (non-hydrogen) atoms. The van der Waals surface area contributed by atoms with Crippen LogP contribution in [0, 0.1) is 0 Å². The zero-order chi connectivity index (χ0) is 10.8. The van der Waals surface area contributed by atoms with Gasteiger partial charge in [0.15, 0.2) is 0 Å². The molecule has 0 saturated heterocycles. The van der Waals surface area contributed by atoms with Crippen LogP contribution in [0.4, 0.5) is 0 Å². The van der Waals surface area contributed by atoms with E-state index in [-0.39, 0.29) is 19.1 Å². The molecule has 0 aromatic heterocycles. The average Bonchev–Trinajstić information content (AvgIpc) is 2.15. The number of carbonyl (C=O) groups is 1. The van der Waals surface area contributed by atoms with E-state index < -0.39 is 0 Å². The van der Waals surface area contributed by atoms with E-state index in [2.05, 4.69) is 5.32 Å². The van der Waals surface area contributed by atoms with E-state index in [9.17, 15) is 4.79 Å². The highest BCUT2D eigenvalue weighted by Crippen LogP contribution is 1.90. The van der Waals surface area contributed by atoms with E-state index in [4.69, 9.17) is 10.2 Å². The Labute approximate surface area is 84.7 Å². The van der Waals surface area contributed by atoms with Gasteiger partial charge in [0.05, 0.1) is 13.2 Å². The average molecular weight is 204 g/mol. The lowest BCUT2D eigenvalue weighted by Gasteiger charge is -2.19. The summed E-state index contributed by atoms with van der Waals surface area (Å²) in [5.74, 6) is 0.00776. The van der Waals surface area contributed by atoms with Gasteiger partial charge in [-0.2, -0.15) is 0 Å². The lowest BCUT2D eigenvalue weighted by Crippen LogP contribution is -2.34. The van der Waals surface area contributed by atoms with Crippen LogP contribution >= 0.6 is 0 Å². The molecular weight excluding hydrogens is 184 g/mol. The number of amides is 1. The van der Waals surface area contributed by atoms with Crippen molar-refractivity contribution in [3.63, 3.8) is 0 Å². The molecule has 0 aliphatic rings. The van der Waals surface area contributed by atoms with Crippen molar-refractivity contribution in [1.29, 1.82) is 0 Å². The topological polar surface area (TPSA) is 72.8 Å². The smallest absolute Gasteiger partial charge is 0.221 e. The van der Waals surface area contributed by atoms with E-state index >= 15 is 0 Å². The second kappa shape index (κ2) is 8.93. The summed E-state index contributed by atoms with van der Waals surface area (Å²) in [7, 11) is 0. The molecule has 0 radical (unpaired) electrons. The molecule has 0 rings (SSSR count). The van der Waals surface area contributed by atoms with Gasteiger partial charge in [0.25, 0.3) is 0 Å². The highest BCUT2D eigenvalue weighted by molar-refractivity contribution is 5.75. The molecule has 0 unspecified atom stereocenters. The van der Waals surface area contributed by atoms with Crippen molar-refractivity contribution in [3.05, 3.63) is 0 Å². The molecule has 0 aliphatic heterocycles. The van der Waals surface area contributed by atoms with Crippen molar-refractivity contribution in [2.24, 2.45) is 0 Å². The molecule has 0 aromatic carbocycles. The third-order valence-electron chi connectivity index (χ3n) is 1.86. The maximum absolute atomic E-state index is 11.1. The van der Waals surface area contributed by atoms with Crippen LogP contribution in [0.2, 0.25) is 0 Å². The van der Waals surface area contributed by atoms with Gasteiger partial charge in [-0.05, 0) is 6.92 Å². The van der Waals surface area contributed by atoms with Gasteiger partial charge in [-0.3, -0.25) is 9.69 Å². The molecule has 84 valence electrons. The first-order chi connectivity index (χ1) is 6.74. The van der Waals surface area contributed by atoms with Crippen LogP contribution in [0.15, 0.2) is 0 Å². The van der Waals surface area contributed by atoms with E-state index in [1.54, 1.807) is 0 Å². The second-order valence-electron chi connectivity index (χ2n) is 2.99. The largest absolute Gasteiger partial charge is 0.395 e. The van der Waals surface area contributed by atoms with Crippen molar-refractivity contribution < 1.29 is 15.0 Å². The lowest BCUT2D eigenvalue weighted by atomic mass is 10.3. The Bertz CT molecular complexity index is 147. The zero-order valence-electron chi connectivity index (χ0n) is 8.70. The molecule has 0 atom stereocenters. The molecule has 0 aromatic rings. The fraction of sp³-hybridized carbons (Fsp3) is 0.889. The Balaban J connectivity index is 3.63. The van der Waals surface area contributed by atoms with Gasteiger partial charge < -0.3 is 15.5 Å².